The number of nitro groups is 1. The zero-order valence-electron chi connectivity index (χ0n) is 12.2. The van der Waals surface area contributed by atoms with E-state index in [4.69, 9.17) is 4.74 Å². The molecule has 2 atom stereocenters. The van der Waals surface area contributed by atoms with Crippen LogP contribution >= 0.6 is 0 Å². The molecule has 0 amide bonds. The van der Waals surface area contributed by atoms with Crippen LogP contribution in [0.4, 0.5) is 17.5 Å². The van der Waals surface area contributed by atoms with Crippen molar-refractivity contribution in [3.8, 4) is 0 Å². The Hall–Kier alpha value is -2.00. The molecule has 9 heteroatoms. The zero-order valence-corrected chi connectivity index (χ0v) is 12.2. The van der Waals surface area contributed by atoms with Crippen molar-refractivity contribution in [2.75, 3.05) is 30.8 Å². The zero-order chi connectivity index (χ0) is 15.6. The first-order valence-electron chi connectivity index (χ1n) is 6.66. The SMILES string of the molecule is CNc1nc(C)c([N+](=O)[O-])c(NCC2(O)CCOC2C)n1. The molecule has 0 saturated carbocycles. The lowest BCUT2D eigenvalue weighted by molar-refractivity contribution is -0.385. The van der Waals surface area contributed by atoms with Crippen molar-refractivity contribution in [3.05, 3.63) is 15.8 Å². The molecule has 2 heterocycles. The molecule has 2 unspecified atom stereocenters. The van der Waals surface area contributed by atoms with Crippen LogP contribution in [0.25, 0.3) is 0 Å². The van der Waals surface area contributed by atoms with E-state index in [1.165, 1.54) is 0 Å². The van der Waals surface area contributed by atoms with Gasteiger partial charge in [-0.3, -0.25) is 10.1 Å². The van der Waals surface area contributed by atoms with Crippen LogP contribution in [0.15, 0.2) is 0 Å². The summed E-state index contributed by atoms with van der Waals surface area (Å²) in [6.45, 7) is 3.90. The molecule has 2 rings (SSSR count). The van der Waals surface area contributed by atoms with Gasteiger partial charge >= 0.3 is 5.69 Å². The first-order chi connectivity index (χ1) is 9.87. The van der Waals surface area contributed by atoms with E-state index < -0.39 is 10.5 Å². The van der Waals surface area contributed by atoms with E-state index in [0.29, 0.717) is 13.0 Å². The molecule has 1 aromatic heterocycles. The largest absolute Gasteiger partial charge is 0.385 e. The van der Waals surface area contributed by atoms with Crippen LogP contribution in [-0.2, 0) is 4.74 Å². The van der Waals surface area contributed by atoms with Crippen LogP contribution in [0, 0.1) is 17.0 Å². The molecule has 0 bridgehead atoms. The minimum absolute atomic E-state index is 0.0874. The van der Waals surface area contributed by atoms with Crippen LogP contribution in [0.3, 0.4) is 0 Å². The summed E-state index contributed by atoms with van der Waals surface area (Å²) in [6.07, 6.45) is 0.133. The molecule has 1 aromatic rings. The molecular formula is C12H19N5O4. The second-order valence-corrected chi connectivity index (χ2v) is 5.06. The third-order valence-corrected chi connectivity index (χ3v) is 3.69. The highest BCUT2D eigenvalue weighted by atomic mass is 16.6. The topological polar surface area (TPSA) is 122 Å². The van der Waals surface area contributed by atoms with Gasteiger partial charge in [0.2, 0.25) is 11.8 Å². The Morgan fingerprint density at radius 3 is 2.81 bits per heavy atom. The number of hydrogen-bond donors (Lipinski definition) is 3. The molecule has 1 aliphatic rings. The average molecular weight is 297 g/mol. The number of hydrogen-bond acceptors (Lipinski definition) is 8. The Balaban J connectivity index is 2.26. The molecule has 9 nitrogen and oxygen atoms in total. The van der Waals surface area contributed by atoms with Crippen LogP contribution < -0.4 is 10.6 Å². The molecule has 1 aliphatic heterocycles. The number of nitrogens with zero attached hydrogens (tertiary/aromatic N) is 3. The number of nitrogens with one attached hydrogen (secondary N) is 2. The van der Waals surface area contributed by atoms with E-state index in [1.807, 2.05) is 0 Å². The number of rotatable bonds is 5. The molecule has 0 radical (unpaired) electrons. The minimum Gasteiger partial charge on any atom is -0.385 e. The van der Waals surface area contributed by atoms with Gasteiger partial charge in [-0.2, -0.15) is 4.98 Å². The third-order valence-electron chi connectivity index (χ3n) is 3.69. The Labute approximate surface area is 121 Å². The summed E-state index contributed by atoms with van der Waals surface area (Å²) in [6, 6.07) is 0. The molecular weight excluding hydrogens is 278 g/mol. The highest BCUT2D eigenvalue weighted by Crippen LogP contribution is 2.30. The van der Waals surface area contributed by atoms with Crippen molar-refractivity contribution in [3.63, 3.8) is 0 Å². The van der Waals surface area contributed by atoms with Gasteiger partial charge in [0, 0.05) is 26.6 Å². The standard InChI is InChI=1S/C12H19N5O4/c1-7-9(17(19)20)10(16-11(13-3)15-7)14-6-12(18)4-5-21-8(12)2/h8,18H,4-6H2,1-3H3,(H2,13,14,15,16). The smallest absolute Gasteiger partial charge is 0.332 e. The number of ether oxygens (including phenoxy) is 1. The van der Waals surface area contributed by atoms with Crippen LogP contribution in [0.2, 0.25) is 0 Å². The maximum atomic E-state index is 11.2. The lowest BCUT2D eigenvalue weighted by Gasteiger charge is -2.26. The molecule has 0 spiro atoms. The number of aryl methyl sites for hydroxylation is 1. The van der Waals surface area contributed by atoms with E-state index in [9.17, 15) is 15.2 Å². The fourth-order valence-electron chi connectivity index (χ4n) is 2.26. The fourth-order valence-corrected chi connectivity index (χ4v) is 2.26. The number of aromatic nitrogens is 2. The van der Waals surface area contributed by atoms with Crippen molar-refractivity contribution in [1.29, 1.82) is 0 Å². The van der Waals surface area contributed by atoms with Gasteiger partial charge in [0.15, 0.2) is 0 Å². The molecule has 116 valence electrons. The Morgan fingerprint density at radius 1 is 1.57 bits per heavy atom. The Kier molecular flexibility index (Phi) is 4.24. The monoisotopic (exact) mass is 297 g/mol. The summed E-state index contributed by atoms with van der Waals surface area (Å²) in [5.41, 5.74) is -0.999. The maximum absolute atomic E-state index is 11.2. The Bertz CT molecular complexity index is 553. The van der Waals surface area contributed by atoms with Crippen molar-refractivity contribution < 1.29 is 14.8 Å². The van der Waals surface area contributed by atoms with Gasteiger partial charge in [-0.25, -0.2) is 4.98 Å². The predicted octanol–water partition coefficient (Wildman–Crippen LogP) is 0.687. The summed E-state index contributed by atoms with van der Waals surface area (Å²) in [7, 11) is 1.63. The average Bonchev–Trinajstić information content (AvgIpc) is 2.75. The van der Waals surface area contributed by atoms with Crippen LogP contribution in [0.5, 0.6) is 0 Å². The van der Waals surface area contributed by atoms with E-state index in [0.717, 1.165) is 0 Å². The second-order valence-electron chi connectivity index (χ2n) is 5.06. The fraction of sp³-hybridized carbons (Fsp3) is 0.667. The summed E-state index contributed by atoms with van der Waals surface area (Å²) >= 11 is 0. The predicted molar refractivity (Wildman–Crippen MR) is 76.4 cm³/mol. The number of aliphatic hydroxyl groups is 1. The summed E-state index contributed by atoms with van der Waals surface area (Å²) < 4.78 is 5.33. The van der Waals surface area contributed by atoms with Crippen LogP contribution in [0.1, 0.15) is 19.0 Å². The van der Waals surface area contributed by atoms with Gasteiger partial charge in [0.05, 0.1) is 11.0 Å². The lowest BCUT2D eigenvalue weighted by Crippen LogP contribution is -2.43. The van der Waals surface area contributed by atoms with Crippen molar-refractivity contribution in [2.24, 2.45) is 0 Å². The van der Waals surface area contributed by atoms with E-state index in [2.05, 4.69) is 20.6 Å². The Morgan fingerprint density at radius 2 is 2.29 bits per heavy atom. The molecule has 1 saturated heterocycles. The van der Waals surface area contributed by atoms with Gasteiger partial charge in [-0.1, -0.05) is 0 Å². The summed E-state index contributed by atoms with van der Waals surface area (Å²) in [5, 5.41) is 27.2. The quantitative estimate of drug-likeness (QED) is 0.536. The summed E-state index contributed by atoms with van der Waals surface area (Å²) in [5.74, 6) is 0.368. The molecule has 3 N–H and O–H groups in total. The van der Waals surface area contributed by atoms with Crippen molar-refractivity contribution in [2.45, 2.75) is 32.0 Å². The molecule has 21 heavy (non-hydrogen) atoms. The molecule has 1 fully saturated rings. The number of anilines is 2. The van der Waals surface area contributed by atoms with Gasteiger partial charge < -0.3 is 20.5 Å². The van der Waals surface area contributed by atoms with E-state index in [1.54, 1.807) is 20.9 Å². The van der Waals surface area contributed by atoms with Crippen molar-refractivity contribution in [1.82, 2.24) is 9.97 Å². The van der Waals surface area contributed by atoms with Gasteiger partial charge in [0.25, 0.3) is 0 Å². The third kappa shape index (κ3) is 3.03. The van der Waals surface area contributed by atoms with Crippen LogP contribution in [-0.4, -0.2) is 51.9 Å². The highest BCUT2D eigenvalue weighted by Gasteiger charge is 2.40. The molecule has 0 aromatic carbocycles. The normalized spacial score (nSPS) is 24.9. The molecule has 0 aliphatic carbocycles. The van der Waals surface area contributed by atoms with Crippen molar-refractivity contribution >= 4 is 17.5 Å². The maximum Gasteiger partial charge on any atom is 0.332 e. The van der Waals surface area contributed by atoms with E-state index >= 15 is 0 Å². The van der Waals surface area contributed by atoms with Gasteiger partial charge in [-0.05, 0) is 13.8 Å². The second kappa shape index (κ2) is 5.78. The summed E-state index contributed by atoms with van der Waals surface area (Å²) in [4.78, 5) is 18.7. The first kappa shape index (κ1) is 15.4. The van der Waals surface area contributed by atoms with E-state index in [-0.39, 0.29) is 35.8 Å². The van der Waals surface area contributed by atoms with Gasteiger partial charge in [-0.15, -0.1) is 0 Å². The lowest BCUT2D eigenvalue weighted by atomic mass is 9.97. The van der Waals surface area contributed by atoms with Gasteiger partial charge in [0.1, 0.15) is 11.3 Å². The highest BCUT2D eigenvalue weighted by molar-refractivity contribution is 5.60. The first-order valence-corrected chi connectivity index (χ1v) is 6.66. The minimum atomic E-state index is -1.06.